The molecule has 0 aliphatic heterocycles. The lowest BCUT2D eigenvalue weighted by Gasteiger charge is -2.19. The maximum atomic E-state index is 12.3. The molecule has 0 atom stereocenters. The summed E-state index contributed by atoms with van der Waals surface area (Å²) >= 11 is 0. The zero-order valence-corrected chi connectivity index (χ0v) is 15.6. The number of carbonyl (C=O) groups is 1. The molecule has 0 heterocycles. The first-order valence-electron chi connectivity index (χ1n) is 8.33. The van der Waals surface area contributed by atoms with E-state index in [1.165, 1.54) is 0 Å². The minimum atomic E-state index is -0.0744. The molecule has 25 heavy (non-hydrogen) atoms. The maximum absolute atomic E-state index is 12.3. The van der Waals surface area contributed by atoms with E-state index in [9.17, 15) is 4.79 Å². The molecule has 5 nitrogen and oxygen atoms in total. The van der Waals surface area contributed by atoms with Crippen molar-refractivity contribution >= 4 is 28.7 Å². The van der Waals surface area contributed by atoms with E-state index in [0.29, 0.717) is 17.8 Å². The highest BCUT2D eigenvalue weighted by molar-refractivity contribution is 5.94. The summed E-state index contributed by atoms with van der Waals surface area (Å²) in [7, 11) is 3.92. The summed E-state index contributed by atoms with van der Waals surface area (Å²) in [6.07, 6.45) is 0.439. The van der Waals surface area contributed by atoms with Gasteiger partial charge in [-0.05, 0) is 35.7 Å². The van der Waals surface area contributed by atoms with Gasteiger partial charge < -0.3 is 10.2 Å². The highest BCUT2D eigenvalue weighted by atomic mass is 16.1. The van der Waals surface area contributed by atoms with Crippen LogP contribution < -0.4 is 10.2 Å². The molecule has 0 saturated carbocycles. The summed E-state index contributed by atoms with van der Waals surface area (Å²) < 4.78 is 0. The zero-order chi connectivity index (χ0) is 18.4. The molecule has 0 aromatic heterocycles. The fraction of sp³-hybridized carbons (Fsp3) is 0.350. The number of nitrogens with one attached hydrogen (secondary N) is 1. The van der Waals surface area contributed by atoms with Gasteiger partial charge in [0.1, 0.15) is 5.69 Å². The van der Waals surface area contributed by atoms with E-state index >= 15 is 0 Å². The van der Waals surface area contributed by atoms with E-state index in [2.05, 4.69) is 15.5 Å². The number of benzene rings is 2. The maximum Gasteiger partial charge on any atom is 0.224 e. The second-order valence-electron chi connectivity index (χ2n) is 7.42. The molecule has 0 aliphatic carbocycles. The van der Waals surface area contributed by atoms with Gasteiger partial charge in [0, 0.05) is 26.2 Å². The van der Waals surface area contributed by atoms with Gasteiger partial charge in [-0.3, -0.25) is 4.79 Å². The molecule has 132 valence electrons. The largest absolute Gasteiger partial charge is 0.378 e. The summed E-state index contributed by atoms with van der Waals surface area (Å²) in [4.78, 5) is 14.3. The van der Waals surface area contributed by atoms with E-state index in [4.69, 9.17) is 0 Å². The Morgan fingerprint density at radius 3 is 2.32 bits per heavy atom. The highest BCUT2D eigenvalue weighted by Crippen LogP contribution is 2.32. The molecular weight excluding hydrogens is 312 g/mol. The predicted molar refractivity (Wildman–Crippen MR) is 104 cm³/mol. The van der Waals surface area contributed by atoms with Crippen molar-refractivity contribution < 1.29 is 4.79 Å². The Hall–Kier alpha value is -2.69. The Kier molecular flexibility index (Phi) is 5.91. The van der Waals surface area contributed by atoms with Crippen LogP contribution in [-0.4, -0.2) is 20.0 Å². The van der Waals surface area contributed by atoms with E-state index in [1.807, 2.05) is 88.3 Å². The van der Waals surface area contributed by atoms with Gasteiger partial charge in [0.2, 0.25) is 5.91 Å². The number of azo groups is 1. The van der Waals surface area contributed by atoms with Crippen LogP contribution in [0.4, 0.5) is 22.7 Å². The molecule has 0 radical (unpaired) electrons. The van der Waals surface area contributed by atoms with Gasteiger partial charge in [-0.15, -0.1) is 5.11 Å². The minimum Gasteiger partial charge on any atom is -0.378 e. The van der Waals surface area contributed by atoms with Crippen LogP contribution in [0.15, 0.2) is 58.8 Å². The monoisotopic (exact) mass is 338 g/mol. The van der Waals surface area contributed by atoms with Crippen molar-refractivity contribution in [3.63, 3.8) is 0 Å². The van der Waals surface area contributed by atoms with E-state index in [1.54, 1.807) is 0 Å². The Morgan fingerprint density at radius 1 is 1.04 bits per heavy atom. The SMILES string of the molecule is CN(C)c1ccc(N=Nc2ccccc2)c(NC(=O)CC(C)(C)C)c1. The summed E-state index contributed by atoms with van der Waals surface area (Å²) in [6.45, 7) is 6.12. The molecule has 0 spiro atoms. The molecule has 0 saturated heterocycles. The van der Waals surface area contributed by atoms with Gasteiger partial charge in [0.15, 0.2) is 0 Å². The fourth-order valence-corrected chi connectivity index (χ4v) is 2.27. The smallest absolute Gasteiger partial charge is 0.224 e. The number of amides is 1. The summed E-state index contributed by atoms with van der Waals surface area (Å²) in [5.41, 5.74) is 2.99. The van der Waals surface area contributed by atoms with Crippen molar-refractivity contribution in [2.75, 3.05) is 24.3 Å². The first kappa shape index (κ1) is 18.6. The Balaban J connectivity index is 2.29. The van der Waals surface area contributed by atoms with Crippen LogP contribution in [0.2, 0.25) is 0 Å². The van der Waals surface area contributed by atoms with Crippen LogP contribution in [0.3, 0.4) is 0 Å². The molecule has 2 aromatic carbocycles. The van der Waals surface area contributed by atoms with Crippen molar-refractivity contribution in [3.05, 3.63) is 48.5 Å². The molecule has 2 aromatic rings. The molecule has 5 heteroatoms. The second-order valence-corrected chi connectivity index (χ2v) is 7.42. The van der Waals surface area contributed by atoms with Crippen LogP contribution in [0.25, 0.3) is 0 Å². The van der Waals surface area contributed by atoms with Crippen molar-refractivity contribution in [2.24, 2.45) is 15.6 Å². The van der Waals surface area contributed by atoms with Gasteiger partial charge in [-0.2, -0.15) is 5.11 Å². The number of carbonyl (C=O) groups excluding carboxylic acids is 1. The molecule has 2 rings (SSSR count). The Bertz CT molecular complexity index is 746. The highest BCUT2D eigenvalue weighted by Gasteiger charge is 2.17. The number of anilines is 2. The van der Waals surface area contributed by atoms with E-state index in [-0.39, 0.29) is 11.3 Å². The van der Waals surface area contributed by atoms with Gasteiger partial charge >= 0.3 is 0 Å². The molecular formula is C20H26N4O. The predicted octanol–water partition coefficient (Wildman–Crippen LogP) is 5.54. The number of hydrogen-bond acceptors (Lipinski definition) is 4. The third-order valence-electron chi connectivity index (χ3n) is 3.49. The molecule has 0 aliphatic rings. The number of hydrogen-bond donors (Lipinski definition) is 1. The van der Waals surface area contributed by atoms with Crippen molar-refractivity contribution in [1.29, 1.82) is 0 Å². The van der Waals surface area contributed by atoms with Gasteiger partial charge in [-0.1, -0.05) is 39.0 Å². The Morgan fingerprint density at radius 2 is 1.72 bits per heavy atom. The van der Waals surface area contributed by atoms with Crippen molar-refractivity contribution in [2.45, 2.75) is 27.2 Å². The van der Waals surface area contributed by atoms with Crippen LogP contribution in [-0.2, 0) is 4.79 Å². The third kappa shape index (κ3) is 6.03. The first-order chi connectivity index (χ1) is 11.7. The number of nitrogens with zero attached hydrogens (tertiary/aromatic N) is 3. The summed E-state index contributed by atoms with van der Waals surface area (Å²) in [6, 6.07) is 15.3. The average Bonchev–Trinajstić information content (AvgIpc) is 2.52. The molecule has 0 bridgehead atoms. The van der Waals surface area contributed by atoms with Crippen LogP contribution in [0, 0.1) is 5.41 Å². The van der Waals surface area contributed by atoms with Gasteiger partial charge in [0.25, 0.3) is 0 Å². The minimum absolute atomic E-state index is 0.0282. The Labute approximate surface area is 149 Å². The fourth-order valence-electron chi connectivity index (χ4n) is 2.27. The van der Waals surface area contributed by atoms with Crippen LogP contribution in [0.1, 0.15) is 27.2 Å². The third-order valence-corrected chi connectivity index (χ3v) is 3.49. The van der Waals surface area contributed by atoms with Gasteiger partial charge in [-0.25, -0.2) is 0 Å². The lowest BCUT2D eigenvalue weighted by Crippen LogP contribution is -2.20. The van der Waals surface area contributed by atoms with Crippen LogP contribution >= 0.6 is 0 Å². The van der Waals surface area contributed by atoms with Crippen LogP contribution in [0.5, 0.6) is 0 Å². The number of rotatable bonds is 5. The molecule has 1 amide bonds. The average molecular weight is 338 g/mol. The summed E-state index contributed by atoms with van der Waals surface area (Å²) in [5, 5.41) is 11.6. The quantitative estimate of drug-likeness (QED) is 0.727. The molecule has 0 unspecified atom stereocenters. The van der Waals surface area contributed by atoms with Crippen molar-refractivity contribution in [1.82, 2.24) is 0 Å². The zero-order valence-electron chi connectivity index (χ0n) is 15.6. The molecule has 1 N–H and O–H groups in total. The topological polar surface area (TPSA) is 57.1 Å². The normalized spacial score (nSPS) is 11.6. The lowest BCUT2D eigenvalue weighted by molar-refractivity contribution is -0.117. The lowest BCUT2D eigenvalue weighted by atomic mass is 9.92. The molecule has 0 fully saturated rings. The standard InChI is InChI=1S/C20H26N4O/c1-20(2,3)14-19(25)21-18-13-16(24(4)5)11-12-17(18)23-22-15-9-7-6-8-10-15/h6-13H,14H2,1-5H3,(H,21,25). The first-order valence-corrected chi connectivity index (χ1v) is 8.33. The van der Waals surface area contributed by atoms with E-state index < -0.39 is 0 Å². The second kappa shape index (κ2) is 7.92. The van der Waals surface area contributed by atoms with E-state index in [0.717, 1.165) is 11.4 Å². The van der Waals surface area contributed by atoms with Gasteiger partial charge in [0.05, 0.1) is 11.4 Å². The summed E-state index contributed by atoms with van der Waals surface area (Å²) in [5.74, 6) is -0.0282. The van der Waals surface area contributed by atoms with Crippen molar-refractivity contribution in [3.8, 4) is 0 Å².